The van der Waals surface area contributed by atoms with Crippen molar-refractivity contribution in [3.63, 3.8) is 0 Å². The molecule has 0 bridgehead atoms. The zero-order valence-corrected chi connectivity index (χ0v) is 13.8. The number of nitro benzene ring substituents is 1. The van der Waals surface area contributed by atoms with Gasteiger partial charge in [-0.05, 0) is 47.3 Å². The van der Waals surface area contributed by atoms with E-state index in [4.69, 9.17) is 4.74 Å². The first-order chi connectivity index (χ1) is 10.1. The first kappa shape index (κ1) is 16.4. The molecule has 116 valence electrons. The standard InChI is InChI=1S/C15H21BrN2O3/c1-2-9-21-13-6-4-8-17(11-13)10-12-5-3-7-14(15(12)16)18(19)20/h3,5,7,13H,2,4,6,8-11H2,1H3. The highest BCUT2D eigenvalue weighted by Crippen LogP contribution is 2.29. The van der Waals surface area contributed by atoms with Crippen molar-refractivity contribution in [3.8, 4) is 0 Å². The molecule has 1 heterocycles. The van der Waals surface area contributed by atoms with Crippen LogP contribution in [0, 0.1) is 10.1 Å². The normalized spacial score (nSPS) is 19.6. The molecule has 0 aromatic heterocycles. The van der Waals surface area contributed by atoms with Gasteiger partial charge in [0.2, 0.25) is 0 Å². The Kier molecular flexibility index (Phi) is 6.14. The molecular formula is C15H21BrN2O3. The average molecular weight is 357 g/mol. The largest absolute Gasteiger partial charge is 0.377 e. The Morgan fingerprint density at radius 3 is 3.05 bits per heavy atom. The maximum Gasteiger partial charge on any atom is 0.283 e. The van der Waals surface area contributed by atoms with Crippen molar-refractivity contribution in [2.24, 2.45) is 0 Å². The van der Waals surface area contributed by atoms with Crippen molar-refractivity contribution in [1.29, 1.82) is 0 Å². The summed E-state index contributed by atoms with van der Waals surface area (Å²) in [5, 5.41) is 11.0. The van der Waals surface area contributed by atoms with Crippen molar-refractivity contribution in [2.75, 3.05) is 19.7 Å². The summed E-state index contributed by atoms with van der Waals surface area (Å²) in [6.07, 6.45) is 3.54. The molecule has 1 atom stereocenters. The molecule has 2 rings (SSSR count). The second kappa shape index (κ2) is 7.87. The average Bonchev–Trinajstić information content (AvgIpc) is 2.47. The molecular weight excluding hydrogens is 336 g/mol. The van der Waals surface area contributed by atoms with Gasteiger partial charge in [-0.25, -0.2) is 0 Å². The predicted octanol–water partition coefficient (Wildman–Crippen LogP) is 3.75. The minimum Gasteiger partial charge on any atom is -0.377 e. The molecule has 1 aliphatic heterocycles. The number of piperidine rings is 1. The number of benzene rings is 1. The lowest BCUT2D eigenvalue weighted by atomic mass is 10.1. The van der Waals surface area contributed by atoms with E-state index in [-0.39, 0.29) is 16.7 Å². The molecule has 21 heavy (non-hydrogen) atoms. The fourth-order valence-electron chi connectivity index (χ4n) is 2.65. The van der Waals surface area contributed by atoms with Crippen molar-refractivity contribution < 1.29 is 9.66 Å². The number of nitrogens with zero attached hydrogens (tertiary/aromatic N) is 2. The lowest BCUT2D eigenvalue weighted by molar-refractivity contribution is -0.385. The second-order valence-electron chi connectivity index (χ2n) is 5.38. The van der Waals surface area contributed by atoms with E-state index in [1.807, 2.05) is 6.07 Å². The van der Waals surface area contributed by atoms with Crippen LogP contribution in [-0.4, -0.2) is 35.6 Å². The molecule has 1 unspecified atom stereocenters. The van der Waals surface area contributed by atoms with Crippen LogP contribution in [0.4, 0.5) is 5.69 Å². The Labute approximate surface area is 133 Å². The van der Waals surface area contributed by atoms with Crippen molar-refractivity contribution in [3.05, 3.63) is 38.3 Å². The third kappa shape index (κ3) is 4.49. The third-order valence-electron chi connectivity index (χ3n) is 3.67. The van der Waals surface area contributed by atoms with Crippen LogP contribution in [0.25, 0.3) is 0 Å². The maximum atomic E-state index is 11.0. The summed E-state index contributed by atoms with van der Waals surface area (Å²) < 4.78 is 6.42. The summed E-state index contributed by atoms with van der Waals surface area (Å²) >= 11 is 3.37. The van der Waals surface area contributed by atoms with E-state index in [1.54, 1.807) is 6.07 Å². The van der Waals surface area contributed by atoms with E-state index in [2.05, 4.69) is 27.8 Å². The van der Waals surface area contributed by atoms with E-state index < -0.39 is 0 Å². The molecule has 1 fully saturated rings. The van der Waals surface area contributed by atoms with E-state index in [9.17, 15) is 10.1 Å². The van der Waals surface area contributed by atoms with Crippen LogP contribution < -0.4 is 0 Å². The molecule has 0 saturated carbocycles. The lowest BCUT2D eigenvalue weighted by Crippen LogP contribution is -2.39. The molecule has 0 radical (unpaired) electrons. The van der Waals surface area contributed by atoms with Crippen LogP contribution in [-0.2, 0) is 11.3 Å². The van der Waals surface area contributed by atoms with E-state index >= 15 is 0 Å². The second-order valence-corrected chi connectivity index (χ2v) is 6.17. The minimum atomic E-state index is -0.350. The predicted molar refractivity (Wildman–Crippen MR) is 85.3 cm³/mol. The molecule has 6 heteroatoms. The van der Waals surface area contributed by atoms with Gasteiger partial charge in [0, 0.05) is 25.8 Å². The molecule has 0 amide bonds. The Morgan fingerprint density at radius 2 is 2.33 bits per heavy atom. The summed E-state index contributed by atoms with van der Waals surface area (Å²) in [5.74, 6) is 0. The zero-order valence-electron chi connectivity index (χ0n) is 12.3. The number of rotatable bonds is 6. The monoisotopic (exact) mass is 356 g/mol. The number of ether oxygens (including phenoxy) is 1. The van der Waals surface area contributed by atoms with Crippen LogP contribution in [0.5, 0.6) is 0 Å². The van der Waals surface area contributed by atoms with Crippen molar-refractivity contribution in [1.82, 2.24) is 4.90 Å². The lowest BCUT2D eigenvalue weighted by Gasteiger charge is -2.32. The van der Waals surface area contributed by atoms with Crippen LogP contribution in [0.2, 0.25) is 0 Å². The van der Waals surface area contributed by atoms with Crippen LogP contribution >= 0.6 is 15.9 Å². The van der Waals surface area contributed by atoms with Gasteiger partial charge in [0.15, 0.2) is 0 Å². The Bertz CT molecular complexity index is 496. The Hall–Kier alpha value is -0.980. The molecule has 1 aromatic carbocycles. The summed E-state index contributed by atoms with van der Waals surface area (Å²) in [4.78, 5) is 12.9. The molecule has 1 saturated heterocycles. The summed E-state index contributed by atoms with van der Waals surface area (Å²) in [6.45, 7) is 5.55. The Balaban J connectivity index is 2.01. The molecule has 1 aromatic rings. The molecule has 1 aliphatic rings. The highest BCUT2D eigenvalue weighted by Gasteiger charge is 2.22. The van der Waals surface area contributed by atoms with Gasteiger partial charge in [0.1, 0.15) is 0 Å². The van der Waals surface area contributed by atoms with E-state index in [0.29, 0.717) is 11.0 Å². The minimum absolute atomic E-state index is 0.128. The van der Waals surface area contributed by atoms with Crippen LogP contribution in [0.3, 0.4) is 0 Å². The van der Waals surface area contributed by atoms with Crippen molar-refractivity contribution >= 4 is 21.6 Å². The topological polar surface area (TPSA) is 55.6 Å². The molecule has 0 N–H and O–H groups in total. The number of hydrogen-bond donors (Lipinski definition) is 0. The first-order valence-corrected chi connectivity index (χ1v) is 8.16. The molecule has 0 spiro atoms. The van der Waals surface area contributed by atoms with Gasteiger partial charge in [0.25, 0.3) is 5.69 Å². The van der Waals surface area contributed by atoms with Gasteiger partial charge >= 0.3 is 0 Å². The maximum absolute atomic E-state index is 11.0. The highest BCUT2D eigenvalue weighted by atomic mass is 79.9. The number of halogens is 1. The number of likely N-dealkylation sites (tertiary alicyclic amines) is 1. The summed E-state index contributed by atoms with van der Waals surface area (Å²) in [6, 6.07) is 5.21. The zero-order chi connectivity index (χ0) is 15.2. The quantitative estimate of drug-likeness (QED) is 0.575. The number of hydrogen-bond acceptors (Lipinski definition) is 4. The van der Waals surface area contributed by atoms with E-state index in [0.717, 1.165) is 44.5 Å². The Morgan fingerprint density at radius 1 is 1.52 bits per heavy atom. The highest BCUT2D eigenvalue weighted by molar-refractivity contribution is 9.10. The molecule has 0 aliphatic carbocycles. The van der Waals surface area contributed by atoms with Gasteiger partial charge in [-0.2, -0.15) is 0 Å². The fourth-order valence-corrected chi connectivity index (χ4v) is 3.18. The summed E-state index contributed by atoms with van der Waals surface area (Å²) in [5.41, 5.74) is 1.09. The van der Waals surface area contributed by atoms with Gasteiger partial charge in [-0.3, -0.25) is 15.0 Å². The third-order valence-corrected chi connectivity index (χ3v) is 4.58. The molecule has 5 nitrogen and oxygen atoms in total. The van der Waals surface area contributed by atoms with Gasteiger partial charge in [-0.1, -0.05) is 19.1 Å². The summed E-state index contributed by atoms with van der Waals surface area (Å²) in [7, 11) is 0. The van der Waals surface area contributed by atoms with Crippen LogP contribution in [0.1, 0.15) is 31.7 Å². The van der Waals surface area contributed by atoms with Gasteiger partial charge in [0.05, 0.1) is 15.5 Å². The fraction of sp³-hybridized carbons (Fsp3) is 0.600. The van der Waals surface area contributed by atoms with Crippen LogP contribution in [0.15, 0.2) is 22.7 Å². The van der Waals surface area contributed by atoms with Gasteiger partial charge < -0.3 is 4.74 Å². The van der Waals surface area contributed by atoms with Crippen molar-refractivity contribution in [2.45, 2.75) is 38.8 Å². The van der Waals surface area contributed by atoms with E-state index in [1.165, 1.54) is 6.07 Å². The first-order valence-electron chi connectivity index (χ1n) is 7.37. The number of nitro groups is 1. The smallest absolute Gasteiger partial charge is 0.283 e. The van der Waals surface area contributed by atoms with Gasteiger partial charge in [-0.15, -0.1) is 0 Å². The SMILES string of the molecule is CCCOC1CCCN(Cc2cccc([N+](=O)[O-])c2Br)C1.